The Balaban J connectivity index is 2.31. The average molecular weight is 255 g/mol. The molecular weight excluding hydrogens is 226 g/mol. The van der Waals surface area contributed by atoms with Crippen LogP contribution in [0.1, 0.15) is 40.5 Å². The second-order valence-corrected chi connectivity index (χ2v) is 5.63. The summed E-state index contributed by atoms with van der Waals surface area (Å²) in [4.78, 5) is 14.2. The van der Waals surface area contributed by atoms with Crippen LogP contribution in [0.25, 0.3) is 0 Å². The number of carbonyl (C=O) groups is 1. The van der Waals surface area contributed by atoms with Crippen molar-refractivity contribution in [3.05, 3.63) is 0 Å². The molecule has 0 aromatic heterocycles. The van der Waals surface area contributed by atoms with E-state index in [0.717, 1.165) is 32.1 Å². The van der Waals surface area contributed by atoms with Gasteiger partial charge in [0.05, 0.1) is 6.04 Å². The van der Waals surface area contributed by atoms with Gasteiger partial charge in [-0.3, -0.25) is 9.69 Å². The zero-order valence-electron chi connectivity index (χ0n) is 12.3. The first kappa shape index (κ1) is 15.4. The Morgan fingerprint density at radius 2 is 1.89 bits per heavy atom. The molecule has 4 nitrogen and oxygen atoms in total. The van der Waals surface area contributed by atoms with Gasteiger partial charge in [-0.2, -0.15) is 0 Å². The van der Waals surface area contributed by atoms with Gasteiger partial charge in [0.2, 0.25) is 5.91 Å². The summed E-state index contributed by atoms with van der Waals surface area (Å²) in [6, 6.07) is 0.235. The van der Waals surface area contributed by atoms with E-state index in [9.17, 15) is 4.79 Å². The Kier molecular flexibility index (Phi) is 6.65. The average Bonchev–Trinajstić information content (AvgIpc) is 2.35. The van der Waals surface area contributed by atoms with E-state index in [1.165, 1.54) is 12.8 Å². The lowest BCUT2D eigenvalue weighted by Crippen LogP contribution is -2.50. The second-order valence-electron chi connectivity index (χ2n) is 5.63. The Morgan fingerprint density at radius 3 is 2.39 bits per heavy atom. The molecule has 1 rings (SSSR count). The number of hydrogen-bond donors (Lipinski definition) is 2. The summed E-state index contributed by atoms with van der Waals surface area (Å²) >= 11 is 0. The number of carbonyl (C=O) groups excluding carboxylic acids is 1. The van der Waals surface area contributed by atoms with Crippen molar-refractivity contribution in [1.29, 1.82) is 0 Å². The maximum atomic E-state index is 11.9. The first-order valence-electron chi connectivity index (χ1n) is 7.29. The fourth-order valence-corrected chi connectivity index (χ4v) is 2.46. The van der Waals surface area contributed by atoms with E-state index in [1.54, 1.807) is 0 Å². The summed E-state index contributed by atoms with van der Waals surface area (Å²) in [5.41, 5.74) is 0. The highest BCUT2D eigenvalue weighted by atomic mass is 16.2. The molecule has 0 spiro atoms. The molecule has 0 aromatic carbocycles. The van der Waals surface area contributed by atoms with Crippen molar-refractivity contribution < 1.29 is 4.79 Å². The minimum absolute atomic E-state index is 0.00693. The molecule has 1 aliphatic heterocycles. The minimum atomic E-state index is 0.00693. The van der Waals surface area contributed by atoms with Crippen LogP contribution in [0.15, 0.2) is 0 Å². The van der Waals surface area contributed by atoms with E-state index in [1.807, 2.05) is 20.8 Å². The fourth-order valence-electron chi connectivity index (χ4n) is 2.46. The zero-order valence-corrected chi connectivity index (χ0v) is 12.3. The Bertz CT molecular complexity index is 247. The molecule has 1 saturated heterocycles. The Morgan fingerprint density at radius 1 is 1.28 bits per heavy atom. The van der Waals surface area contributed by atoms with Crippen LogP contribution in [0.5, 0.6) is 0 Å². The molecule has 1 amide bonds. The molecule has 1 heterocycles. The molecule has 106 valence electrons. The summed E-state index contributed by atoms with van der Waals surface area (Å²) in [6.07, 6.45) is 2.40. The van der Waals surface area contributed by atoms with Crippen LogP contribution in [0.4, 0.5) is 0 Å². The number of piperidine rings is 1. The monoisotopic (exact) mass is 255 g/mol. The van der Waals surface area contributed by atoms with Gasteiger partial charge in [0.25, 0.3) is 0 Å². The standard InChI is InChI=1S/C14H29N3O/c1-5-15-10-13-6-8-17(9-7-13)12(4)14(18)16-11(2)3/h11-13,15H,5-10H2,1-4H3,(H,16,18). The van der Waals surface area contributed by atoms with Crippen molar-refractivity contribution in [2.24, 2.45) is 5.92 Å². The molecule has 0 aromatic rings. The van der Waals surface area contributed by atoms with Crippen molar-refractivity contribution in [2.45, 2.75) is 52.6 Å². The lowest BCUT2D eigenvalue weighted by atomic mass is 9.95. The van der Waals surface area contributed by atoms with Crippen LogP contribution in [0, 0.1) is 5.92 Å². The highest BCUT2D eigenvalue weighted by molar-refractivity contribution is 5.81. The van der Waals surface area contributed by atoms with E-state index >= 15 is 0 Å². The predicted molar refractivity (Wildman–Crippen MR) is 75.6 cm³/mol. The smallest absolute Gasteiger partial charge is 0.237 e. The third-order valence-corrected chi connectivity index (χ3v) is 3.69. The van der Waals surface area contributed by atoms with E-state index in [4.69, 9.17) is 0 Å². The maximum absolute atomic E-state index is 11.9. The Labute approximate surface area is 111 Å². The third kappa shape index (κ3) is 4.94. The van der Waals surface area contributed by atoms with Gasteiger partial charge in [-0.05, 0) is 65.7 Å². The minimum Gasteiger partial charge on any atom is -0.353 e. The lowest BCUT2D eigenvalue weighted by Gasteiger charge is -2.35. The maximum Gasteiger partial charge on any atom is 0.237 e. The quantitative estimate of drug-likeness (QED) is 0.750. The van der Waals surface area contributed by atoms with E-state index in [2.05, 4.69) is 22.5 Å². The van der Waals surface area contributed by atoms with Crippen LogP contribution >= 0.6 is 0 Å². The largest absolute Gasteiger partial charge is 0.353 e. The normalized spacial score (nSPS) is 20.1. The molecule has 18 heavy (non-hydrogen) atoms. The van der Waals surface area contributed by atoms with Gasteiger partial charge >= 0.3 is 0 Å². The highest BCUT2D eigenvalue weighted by Gasteiger charge is 2.26. The van der Waals surface area contributed by atoms with Gasteiger partial charge in [-0.1, -0.05) is 6.92 Å². The van der Waals surface area contributed by atoms with Crippen molar-refractivity contribution >= 4 is 5.91 Å². The van der Waals surface area contributed by atoms with Gasteiger partial charge in [0.1, 0.15) is 0 Å². The molecule has 1 aliphatic rings. The van der Waals surface area contributed by atoms with Gasteiger partial charge < -0.3 is 10.6 Å². The molecule has 0 aliphatic carbocycles. The van der Waals surface area contributed by atoms with Crippen molar-refractivity contribution in [3.8, 4) is 0 Å². The van der Waals surface area contributed by atoms with Crippen LogP contribution in [0.3, 0.4) is 0 Å². The second kappa shape index (κ2) is 7.74. The van der Waals surface area contributed by atoms with E-state index < -0.39 is 0 Å². The third-order valence-electron chi connectivity index (χ3n) is 3.69. The summed E-state index contributed by atoms with van der Waals surface area (Å²) in [5.74, 6) is 0.941. The van der Waals surface area contributed by atoms with Gasteiger partial charge in [-0.25, -0.2) is 0 Å². The molecule has 2 N–H and O–H groups in total. The number of amides is 1. The molecule has 1 fully saturated rings. The van der Waals surface area contributed by atoms with Crippen LogP contribution in [-0.4, -0.2) is 49.1 Å². The SMILES string of the molecule is CCNCC1CCN(C(C)C(=O)NC(C)C)CC1. The topological polar surface area (TPSA) is 44.4 Å². The molecule has 1 unspecified atom stereocenters. The summed E-state index contributed by atoms with van der Waals surface area (Å²) in [6.45, 7) is 12.4. The molecule has 0 radical (unpaired) electrons. The van der Waals surface area contributed by atoms with Crippen molar-refractivity contribution in [1.82, 2.24) is 15.5 Å². The van der Waals surface area contributed by atoms with Gasteiger partial charge in [0.15, 0.2) is 0 Å². The number of hydrogen-bond acceptors (Lipinski definition) is 3. The number of likely N-dealkylation sites (tertiary alicyclic amines) is 1. The summed E-state index contributed by atoms with van der Waals surface area (Å²) < 4.78 is 0. The molecule has 1 atom stereocenters. The molecule has 4 heteroatoms. The zero-order chi connectivity index (χ0) is 13.5. The fraction of sp³-hybridized carbons (Fsp3) is 0.929. The summed E-state index contributed by atoms with van der Waals surface area (Å²) in [7, 11) is 0. The van der Waals surface area contributed by atoms with Crippen LogP contribution < -0.4 is 10.6 Å². The molecule has 0 bridgehead atoms. The molecular formula is C14H29N3O. The van der Waals surface area contributed by atoms with Crippen molar-refractivity contribution in [3.63, 3.8) is 0 Å². The number of nitrogens with zero attached hydrogens (tertiary/aromatic N) is 1. The first-order valence-corrected chi connectivity index (χ1v) is 7.29. The van der Waals surface area contributed by atoms with Crippen molar-refractivity contribution in [2.75, 3.05) is 26.2 Å². The molecule has 0 saturated carbocycles. The van der Waals surface area contributed by atoms with Gasteiger partial charge in [0, 0.05) is 6.04 Å². The lowest BCUT2D eigenvalue weighted by molar-refractivity contribution is -0.126. The predicted octanol–water partition coefficient (Wildman–Crippen LogP) is 1.22. The number of nitrogens with one attached hydrogen (secondary N) is 2. The summed E-state index contributed by atoms with van der Waals surface area (Å²) in [5, 5.41) is 6.41. The van der Waals surface area contributed by atoms with Crippen LogP contribution in [0.2, 0.25) is 0 Å². The van der Waals surface area contributed by atoms with E-state index in [-0.39, 0.29) is 18.0 Å². The van der Waals surface area contributed by atoms with Crippen LogP contribution in [-0.2, 0) is 4.79 Å². The highest BCUT2D eigenvalue weighted by Crippen LogP contribution is 2.18. The first-order chi connectivity index (χ1) is 8.54. The van der Waals surface area contributed by atoms with Gasteiger partial charge in [-0.15, -0.1) is 0 Å². The van der Waals surface area contributed by atoms with E-state index in [0.29, 0.717) is 0 Å². The Hall–Kier alpha value is -0.610. The number of rotatable bonds is 6.